The average Bonchev–Trinajstić information content (AvgIpc) is 2.78. The Morgan fingerprint density at radius 1 is 1.19 bits per heavy atom. The van der Waals surface area contributed by atoms with Crippen molar-refractivity contribution in [3.63, 3.8) is 0 Å². The lowest BCUT2D eigenvalue weighted by Gasteiger charge is -2.41. The van der Waals surface area contributed by atoms with E-state index in [0.29, 0.717) is 0 Å². The Labute approximate surface area is 129 Å². The SMILES string of the molecule is Nc1ccc(C2(c3nn4c(c3Cl)NCCC4)CCC2)cc1. The topological polar surface area (TPSA) is 55.9 Å². The maximum Gasteiger partial charge on any atom is 0.143 e. The third-order valence-corrected chi connectivity index (χ3v) is 5.22. The van der Waals surface area contributed by atoms with Crippen molar-refractivity contribution in [3.05, 3.63) is 40.5 Å². The van der Waals surface area contributed by atoms with Crippen molar-refractivity contribution in [1.29, 1.82) is 0 Å². The van der Waals surface area contributed by atoms with Crippen molar-refractivity contribution in [2.24, 2.45) is 0 Å². The molecule has 1 fully saturated rings. The van der Waals surface area contributed by atoms with Gasteiger partial charge in [0.05, 0.1) is 5.69 Å². The molecular weight excluding hydrogens is 284 g/mol. The summed E-state index contributed by atoms with van der Waals surface area (Å²) in [5.74, 6) is 0.986. The number of aryl methyl sites for hydroxylation is 1. The van der Waals surface area contributed by atoms with Crippen molar-refractivity contribution in [3.8, 4) is 0 Å². The monoisotopic (exact) mass is 302 g/mol. The predicted octanol–water partition coefficient (Wildman–Crippen LogP) is 3.40. The van der Waals surface area contributed by atoms with Gasteiger partial charge < -0.3 is 11.1 Å². The zero-order chi connectivity index (χ0) is 14.4. The molecule has 0 radical (unpaired) electrons. The molecule has 0 bridgehead atoms. The maximum absolute atomic E-state index is 6.65. The molecule has 1 aromatic carbocycles. The Hall–Kier alpha value is -1.68. The number of nitrogens with two attached hydrogens (primary N) is 1. The second-order valence-corrected chi connectivity index (χ2v) is 6.45. The molecule has 1 aliphatic heterocycles. The molecule has 4 rings (SSSR count). The Morgan fingerprint density at radius 2 is 1.95 bits per heavy atom. The van der Waals surface area contributed by atoms with E-state index < -0.39 is 0 Å². The third kappa shape index (κ3) is 1.85. The summed E-state index contributed by atoms with van der Waals surface area (Å²) >= 11 is 6.65. The number of hydrogen-bond acceptors (Lipinski definition) is 3. The molecule has 1 saturated carbocycles. The summed E-state index contributed by atoms with van der Waals surface area (Å²) in [7, 11) is 0. The van der Waals surface area contributed by atoms with E-state index >= 15 is 0 Å². The van der Waals surface area contributed by atoms with Crippen LogP contribution in [0.15, 0.2) is 24.3 Å². The molecule has 1 aliphatic carbocycles. The largest absolute Gasteiger partial charge is 0.399 e. The molecule has 21 heavy (non-hydrogen) atoms. The van der Waals surface area contributed by atoms with Gasteiger partial charge in [-0.05, 0) is 37.0 Å². The summed E-state index contributed by atoms with van der Waals surface area (Å²) in [5.41, 5.74) is 8.90. The molecule has 4 nitrogen and oxygen atoms in total. The summed E-state index contributed by atoms with van der Waals surface area (Å²) in [6.45, 7) is 1.92. The van der Waals surface area contributed by atoms with E-state index in [1.165, 1.54) is 12.0 Å². The van der Waals surface area contributed by atoms with Gasteiger partial charge in [-0.15, -0.1) is 0 Å². The van der Waals surface area contributed by atoms with E-state index in [9.17, 15) is 0 Å². The Morgan fingerprint density at radius 3 is 2.57 bits per heavy atom. The van der Waals surface area contributed by atoms with Gasteiger partial charge in [-0.3, -0.25) is 0 Å². The quantitative estimate of drug-likeness (QED) is 0.836. The molecule has 3 N–H and O–H groups in total. The smallest absolute Gasteiger partial charge is 0.143 e. The zero-order valence-corrected chi connectivity index (χ0v) is 12.7. The highest BCUT2D eigenvalue weighted by Gasteiger charge is 2.45. The van der Waals surface area contributed by atoms with Crippen molar-refractivity contribution in [1.82, 2.24) is 9.78 Å². The van der Waals surface area contributed by atoms with Crippen molar-refractivity contribution in [2.75, 3.05) is 17.6 Å². The number of aromatic nitrogens is 2. The number of rotatable bonds is 2. The van der Waals surface area contributed by atoms with Gasteiger partial charge in [0, 0.05) is 24.2 Å². The van der Waals surface area contributed by atoms with Crippen LogP contribution in [0.3, 0.4) is 0 Å². The highest BCUT2D eigenvalue weighted by Crippen LogP contribution is 2.52. The number of hydrogen-bond donors (Lipinski definition) is 2. The van der Waals surface area contributed by atoms with Crippen LogP contribution in [0.1, 0.15) is 36.9 Å². The van der Waals surface area contributed by atoms with Crippen molar-refractivity contribution in [2.45, 2.75) is 37.6 Å². The number of nitrogens with zero attached hydrogens (tertiary/aromatic N) is 2. The van der Waals surface area contributed by atoms with Crippen LogP contribution in [0.25, 0.3) is 0 Å². The van der Waals surface area contributed by atoms with Gasteiger partial charge in [0.1, 0.15) is 10.8 Å². The number of benzene rings is 1. The van der Waals surface area contributed by atoms with Gasteiger partial charge in [0.15, 0.2) is 0 Å². The summed E-state index contributed by atoms with van der Waals surface area (Å²) in [6, 6.07) is 8.18. The molecule has 0 atom stereocenters. The first-order valence-corrected chi connectivity index (χ1v) is 7.95. The highest BCUT2D eigenvalue weighted by atomic mass is 35.5. The Kier molecular flexibility index (Phi) is 2.89. The second-order valence-electron chi connectivity index (χ2n) is 6.07. The van der Waals surface area contributed by atoms with Crippen molar-refractivity contribution >= 4 is 23.1 Å². The normalized spacial score (nSPS) is 19.5. The van der Waals surface area contributed by atoms with Gasteiger partial charge in [0.2, 0.25) is 0 Å². The van der Waals surface area contributed by atoms with Crippen LogP contribution in [0.4, 0.5) is 11.5 Å². The number of halogens is 1. The maximum atomic E-state index is 6.65. The summed E-state index contributed by atoms with van der Waals surface area (Å²) in [6.07, 6.45) is 4.52. The minimum atomic E-state index is -0.0309. The number of nitrogen functional groups attached to an aromatic ring is 1. The first kappa shape index (κ1) is 13.0. The van der Waals surface area contributed by atoms with E-state index in [2.05, 4.69) is 17.4 Å². The third-order valence-electron chi connectivity index (χ3n) is 4.86. The first-order valence-electron chi connectivity index (χ1n) is 7.57. The molecular formula is C16H19ClN4. The van der Waals surface area contributed by atoms with Crippen molar-refractivity contribution < 1.29 is 0 Å². The van der Waals surface area contributed by atoms with Gasteiger partial charge >= 0.3 is 0 Å². The second kappa shape index (κ2) is 4.67. The lowest BCUT2D eigenvalue weighted by Crippen LogP contribution is -2.36. The van der Waals surface area contributed by atoms with Crippen LogP contribution in [0.2, 0.25) is 5.02 Å². The number of nitrogens with one attached hydrogen (secondary N) is 1. The molecule has 1 aromatic heterocycles. The van der Waals surface area contributed by atoms with Crippen LogP contribution in [-0.2, 0) is 12.0 Å². The number of anilines is 2. The van der Waals surface area contributed by atoms with E-state index in [1.807, 2.05) is 16.8 Å². The molecule has 2 heterocycles. The van der Waals surface area contributed by atoms with E-state index in [1.54, 1.807) is 0 Å². The minimum Gasteiger partial charge on any atom is -0.399 e. The predicted molar refractivity (Wildman–Crippen MR) is 85.8 cm³/mol. The van der Waals surface area contributed by atoms with E-state index in [4.69, 9.17) is 22.4 Å². The molecule has 0 unspecified atom stereocenters. The molecule has 2 aliphatic rings. The zero-order valence-electron chi connectivity index (χ0n) is 11.9. The van der Waals surface area contributed by atoms with Crippen LogP contribution >= 0.6 is 11.6 Å². The molecule has 0 spiro atoms. The lowest BCUT2D eigenvalue weighted by atomic mass is 9.62. The molecule has 5 heteroatoms. The molecule has 0 saturated heterocycles. The van der Waals surface area contributed by atoms with Crippen LogP contribution in [0.5, 0.6) is 0 Å². The van der Waals surface area contributed by atoms with Crippen LogP contribution in [0, 0.1) is 0 Å². The lowest BCUT2D eigenvalue weighted by molar-refractivity contribution is 0.291. The molecule has 2 aromatic rings. The van der Waals surface area contributed by atoms with Gasteiger partial charge in [0.25, 0.3) is 0 Å². The summed E-state index contributed by atoms with van der Waals surface area (Å²) < 4.78 is 2.03. The molecule has 110 valence electrons. The fourth-order valence-electron chi connectivity index (χ4n) is 3.51. The molecule has 0 amide bonds. The Bertz CT molecular complexity index is 670. The fraction of sp³-hybridized carbons (Fsp3) is 0.438. The standard InChI is InChI=1S/C16H19ClN4/c17-13-14(20-21-10-2-9-19-15(13)21)16(7-1-8-16)11-3-5-12(18)6-4-11/h3-6,19H,1-2,7-10,18H2. The van der Waals surface area contributed by atoms with Gasteiger partial charge in [-0.1, -0.05) is 30.2 Å². The summed E-state index contributed by atoms with van der Waals surface area (Å²) in [4.78, 5) is 0. The van der Waals surface area contributed by atoms with Gasteiger partial charge in [-0.2, -0.15) is 5.10 Å². The van der Waals surface area contributed by atoms with Crippen LogP contribution in [-0.4, -0.2) is 16.3 Å². The van der Waals surface area contributed by atoms with E-state index in [-0.39, 0.29) is 5.41 Å². The Balaban J connectivity index is 1.83. The average molecular weight is 303 g/mol. The van der Waals surface area contributed by atoms with Gasteiger partial charge in [-0.25, -0.2) is 4.68 Å². The highest BCUT2D eigenvalue weighted by molar-refractivity contribution is 6.33. The van der Waals surface area contributed by atoms with Crippen LogP contribution < -0.4 is 11.1 Å². The minimum absolute atomic E-state index is 0.0309. The van der Waals surface area contributed by atoms with E-state index in [0.717, 1.165) is 54.6 Å². The number of fused-ring (bicyclic) bond motifs is 1. The summed E-state index contributed by atoms with van der Waals surface area (Å²) in [5, 5.41) is 9.01. The fourth-order valence-corrected chi connectivity index (χ4v) is 3.89. The first-order chi connectivity index (χ1) is 10.2.